The predicted octanol–water partition coefficient (Wildman–Crippen LogP) is 5.68. The Balaban J connectivity index is -0.0000000635. The lowest BCUT2D eigenvalue weighted by Gasteiger charge is -2.08. The second-order valence-electron chi connectivity index (χ2n) is 5.18. The number of methoxy groups -OCH3 is 1. The quantitative estimate of drug-likeness (QED) is 0.385. The van der Waals surface area contributed by atoms with Crippen molar-refractivity contribution < 1.29 is 14.2 Å². The van der Waals surface area contributed by atoms with Crippen LogP contribution in [0.3, 0.4) is 0 Å². The number of rotatable bonds is 12. The van der Waals surface area contributed by atoms with Crippen LogP contribution in [0.25, 0.3) is 0 Å². The molecule has 0 N–H and O–H groups in total. The summed E-state index contributed by atoms with van der Waals surface area (Å²) in [6.07, 6.45) is 2.41. The standard InChI is InChI=1S/C8H19NO.C7H17NO2.4C2H6/c1-4-5-7-10-8-6-9(2)3;1-8(2)4-5-10-7-6-9-3;4*1-2/h4-8H2,1-3H3;4-7H2,1-3H3;4*1-2H3. The van der Waals surface area contributed by atoms with E-state index in [-0.39, 0.29) is 0 Å². The average Bonchev–Trinajstić information content (AvgIpc) is 2.74. The largest absolute Gasteiger partial charge is 0.382 e. The van der Waals surface area contributed by atoms with Crippen LogP contribution >= 0.6 is 0 Å². The van der Waals surface area contributed by atoms with Crippen LogP contribution in [-0.2, 0) is 14.2 Å². The van der Waals surface area contributed by atoms with Gasteiger partial charge >= 0.3 is 0 Å². The SMILES string of the molecule is CC.CC.CC.CC.CCCCOCCN(C)C.COCCOCCN(C)C. The molecule has 0 radical (unpaired) electrons. The Labute approximate surface area is 181 Å². The van der Waals surface area contributed by atoms with Gasteiger partial charge in [-0.05, 0) is 34.6 Å². The summed E-state index contributed by atoms with van der Waals surface area (Å²) in [7, 11) is 9.85. The molecule has 0 amide bonds. The van der Waals surface area contributed by atoms with E-state index < -0.39 is 0 Å². The molecule has 0 fully saturated rings. The number of unbranched alkanes of at least 4 members (excludes halogenated alkanes) is 1. The Kier molecular flexibility index (Phi) is 84.5. The van der Waals surface area contributed by atoms with Crippen LogP contribution in [0, 0.1) is 0 Å². The van der Waals surface area contributed by atoms with Crippen LogP contribution in [0.2, 0.25) is 0 Å². The van der Waals surface area contributed by atoms with Crippen molar-refractivity contribution >= 4 is 0 Å². The lowest BCUT2D eigenvalue weighted by atomic mass is 10.4. The lowest BCUT2D eigenvalue weighted by Crippen LogP contribution is -2.18. The molecule has 0 saturated heterocycles. The van der Waals surface area contributed by atoms with Crippen LogP contribution < -0.4 is 0 Å². The zero-order valence-corrected chi connectivity index (χ0v) is 22.5. The smallest absolute Gasteiger partial charge is 0.0700 e. The molecule has 0 rings (SSSR count). The summed E-state index contributed by atoms with van der Waals surface area (Å²) in [4.78, 5) is 4.22. The number of ether oxygens (including phenoxy) is 3. The van der Waals surface area contributed by atoms with Crippen LogP contribution in [0.15, 0.2) is 0 Å². The first-order valence-electron chi connectivity index (χ1n) is 11.5. The first-order chi connectivity index (χ1) is 13.5. The van der Waals surface area contributed by atoms with Crippen molar-refractivity contribution in [3.8, 4) is 0 Å². The molecule has 0 aliphatic rings. The van der Waals surface area contributed by atoms with Crippen molar-refractivity contribution in [2.45, 2.75) is 75.2 Å². The van der Waals surface area contributed by atoms with Gasteiger partial charge in [0.25, 0.3) is 0 Å². The molecule has 0 aromatic carbocycles. The molecule has 0 aliphatic carbocycles. The highest BCUT2D eigenvalue weighted by molar-refractivity contribution is 4.40. The highest BCUT2D eigenvalue weighted by atomic mass is 16.5. The van der Waals surface area contributed by atoms with Crippen LogP contribution in [0.5, 0.6) is 0 Å². The molecule has 0 aromatic rings. The van der Waals surface area contributed by atoms with E-state index >= 15 is 0 Å². The van der Waals surface area contributed by atoms with E-state index in [4.69, 9.17) is 14.2 Å². The van der Waals surface area contributed by atoms with E-state index in [1.807, 2.05) is 69.5 Å². The molecule has 0 bridgehead atoms. The molecular weight excluding hydrogens is 352 g/mol. The van der Waals surface area contributed by atoms with Gasteiger partial charge in [-0.1, -0.05) is 68.7 Å². The van der Waals surface area contributed by atoms with Gasteiger partial charge < -0.3 is 24.0 Å². The maximum absolute atomic E-state index is 5.34. The van der Waals surface area contributed by atoms with E-state index in [2.05, 4.69) is 30.8 Å². The van der Waals surface area contributed by atoms with Crippen LogP contribution in [-0.4, -0.2) is 91.2 Å². The highest BCUT2D eigenvalue weighted by Crippen LogP contribution is 1.87. The fourth-order valence-electron chi connectivity index (χ4n) is 1.09. The van der Waals surface area contributed by atoms with Gasteiger partial charge in [-0.25, -0.2) is 0 Å². The van der Waals surface area contributed by atoms with E-state index in [0.29, 0.717) is 13.2 Å². The van der Waals surface area contributed by atoms with Crippen LogP contribution in [0.4, 0.5) is 0 Å². The van der Waals surface area contributed by atoms with Gasteiger partial charge in [0.15, 0.2) is 0 Å². The molecule has 180 valence electrons. The summed E-state index contributed by atoms with van der Waals surface area (Å²) < 4.78 is 15.4. The lowest BCUT2D eigenvalue weighted by molar-refractivity contribution is 0.0633. The number of hydrogen-bond donors (Lipinski definition) is 0. The molecule has 5 nitrogen and oxygen atoms in total. The Hall–Kier alpha value is -0.200. The van der Waals surface area contributed by atoms with Crippen molar-refractivity contribution in [2.24, 2.45) is 0 Å². The molecule has 0 saturated carbocycles. The normalized spacial score (nSPS) is 8.57. The Bertz CT molecular complexity index is 152. The summed E-state index contributed by atoms with van der Waals surface area (Å²) >= 11 is 0. The summed E-state index contributed by atoms with van der Waals surface area (Å²) in [5.74, 6) is 0. The minimum atomic E-state index is 0.688. The number of nitrogens with zero attached hydrogens (tertiary/aromatic N) is 2. The Morgan fingerprint density at radius 1 is 0.536 bits per heavy atom. The molecule has 0 atom stereocenters. The van der Waals surface area contributed by atoms with E-state index in [9.17, 15) is 0 Å². The second kappa shape index (κ2) is 56.3. The minimum Gasteiger partial charge on any atom is -0.382 e. The van der Waals surface area contributed by atoms with Crippen molar-refractivity contribution in [1.82, 2.24) is 9.80 Å². The first-order valence-corrected chi connectivity index (χ1v) is 11.5. The monoisotopic (exact) mass is 412 g/mol. The third-order valence-electron chi connectivity index (χ3n) is 2.44. The van der Waals surface area contributed by atoms with Gasteiger partial charge in [0.1, 0.15) is 0 Å². The van der Waals surface area contributed by atoms with Crippen molar-refractivity contribution in [1.29, 1.82) is 0 Å². The second-order valence-corrected chi connectivity index (χ2v) is 5.18. The van der Waals surface area contributed by atoms with Gasteiger partial charge in [-0.15, -0.1) is 0 Å². The molecule has 0 heterocycles. The molecule has 0 aromatic heterocycles. The zero-order valence-electron chi connectivity index (χ0n) is 22.5. The summed E-state index contributed by atoms with van der Waals surface area (Å²) in [6, 6.07) is 0. The molecule has 28 heavy (non-hydrogen) atoms. The molecule has 0 unspecified atom stereocenters. The minimum absolute atomic E-state index is 0.688. The maximum atomic E-state index is 5.34. The first kappa shape index (κ1) is 42.0. The maximum Gasteiger partial charge on any atom is 0.0700 e. The van der Waals surface area contributed by atoms with Crippen LogP contribution in [0.1, 0.15) is 75.2 Å². The molecule has 5 heteroatoms. The van der Waals surface area contributed by atoms with E-state index in [1.165, 1.54) is 12.8 Å². The predicted molar refractivity (Wildman–Crippen MR) is 131 cm³/mol. The van der Waals surface area contributed by atoms with Gasteiger partial charge in [0.2, 0.25) is 0 Å². The third kappa shape index (κ3) is 83.3. The fraction of sp³-hybridized carbons (Fsp3) is 1.00. The number of hydrogen-bond acceptors (Lipinski definition) is 5. The third-order valence-corrected chi connectivity index (χ3v) is 2.44. The van der Waals surface area contributed by atoms with Crippen molar-refractivity contribution in [3.05, 3.63) is 0 Å². The number of likely N-dealkylation sites (N-methyl/N-ethyl adjacent to an activating group) is 2. The molecular formula is C23H60N2O3. The van der Waals surface area contributed by atoms with E-state index in [0.717, 1.165) is 32.9 Å². The highest BCUT2D eigenvalue weighted by Gasteiger charge is 1.89. The Morgan fingerprint density at radius 2 is 0.893 bits per heavy atom. The van der Waals surface area contributed by atoms with E-state index in [1.54, 1.807) is 7.11 Å². The van der Waals surface area contributed by atoms with Crippen molar-refractivity contribution in [2.75, 3.05) is 81.4 Å². The average molecular weight is 413 g/mol. The molecule has 0 aliphatic heterocycles. The van der Waals surface area contributed by atoms with Gasteiger partial charge in [0, 0.05) is 26.8 Å². The summed E-state index contributed by atoms with van der Waals surface area (Å²) in [5.41, 5.74) is 0. The summed E-state index contributed by atoms with van der Waals surface area (Å²) in [5, 5.41) is 0. The van der Waals surface area contributed by atoms with Crippen molar-refractivity contribution in [3.63, 3.8) is 0 Å². The van der Waals surface area contributed by atoms with Gasteiger partial charge in [-0.2, -0.15) is 0 Å². The molecule has 0 spiro atoms. The van der Waals surface area contributed by atoms with Gasteiger partial charge in [0.05, 0.1) is 26.4 Å². The topological polar surface area (TPSA) is 34.2 Å². The Morgan fingerprint density at radius 3 is 1.18 bits per heavy atom. The fourth-order valence-corrected chi connectivity index (χ4v) is 1.09. The summed E-state index contributed by atoms with van der Waals surface area (Å²) in [6.45, 7) is 24.1. The zero-order chi connectivity index (χ0) is 23.6. The van der Waals surface area contributed by atoms with Gasteiger partial charge in [-0.3, -0.25) is 0 Å².